The highest BCUT2D eigenvalue weighted by Crippen LogP contribution is 2.42. The summed E-state index contributed by atoms with van der Waals surface area (Å²) >= 11 is 1.02. The minimum atomic E-state index is -0.755. The summed E-state index contributed by atoms with van der Waals surface area (Å²) in [6, 6.07) is 18.4. The quantitative estimate of drug-likeness (QED) is 0.345. The van der Waals surface area contributed by atoms with Crippen LogP contribution in [0.25, 0.3) is 0 Å². The van der Waals surface area contributed by atoms with Gasteiger partial charge in [-0.1, -0.05) is 36.4 Å². The molecule has 0 aromatic heterocycles. The lowest BCUT2D eigenvalue weighted by Gasteiger charge is -2.28. The predicted octanol–water partition coefficient (Wildman–Crippen LogP) is 3.80. The first-order valence-electron chi connectivity index (χ1n) is 9.30. The van der Waals surface area contributed by atoms with Crippen LogP contribution in [0.3, 0.4) is 0 Å². The van der Waals surface area contributed by atoms with Crippen molar-refractivity contribution < 1.29 is 19.2 Å². The van der Waals surface area contributed by atoms with Crippen molar-refractivity contribution in [2.75, 3.05) is 5.75 Å². The number of nitro groups is 1. The van der Waals surface area contributed by atoms with E-state index in [-0.39, 0.29) is 27.8 Å². The number of amides is 2. The van der Waals surface area contributed by atoms with E-state index < -0.39 is 16.9 Å². The fourth-order valence-electron chi connectivity index (χ4n) is 3.35. The van der Waals surface area contributed by atoms with Crippen LogP contribution in [0.15, 0.2) is 71.6 Å². The molecular formula is C22H17N3O5S. The van der Waals surface area contributed by atoms with Crippen LogP contribution in [0.4, 0.5) is 5.69 Å². The van der Waals surface area contributed by atoms with Crippen molar-refractivity contribution in [2.24, 2.45) is 5.73 Å². The van der Waals surface area contributed by atoms with Crippen molar-refractivity contribution in [1.82, 2.24) is 5.32 Å². The third-order valence-electron chi connectivity index (χ3n) is 4.78. The molecule has 4 rings (SSSR count). The predicted molar refractivity (Wildman–Crippen MR) is 115 cm³/mol. The standard InChI is InChI=1S/C22H17N3O5S/c23-22(27)13-9-10-19(16(11-13)25(28)29)31-12-20(26)24-21-14-5-1-3-7-17(14)30-18-8-4-2-6-15(18)21/h1-11,21H,12H2,(H2,23,27)(H,24,26). The van der Waals surface area contributed by atoms with Crippen LogP contribution in [-0.4, -0.2) is 22.5 Å². The summed E-state index contributed by atoms with van der Waals surface area (Å²) in [4.78, 5) is 35.1. The Morgan fingerprint density at radius 2 is 1.65 bits per heavy atom. The normalized spacial score (nSPS) is 12.3. The molecule has 8 nitrogen and oxygen atoms in total. The summed E-state index contributed by atoms with van der Waals surface area (Å²) in [7, 11) is 0. The molecule has 0 saturated carbocycles. The summed E-state index contributed by atoms with van der Waals surface area (Å²) in [5, 5.41) is 14.4. The van der Waals surface area contributed by atoms with E-state index in [1.807, 2.05) is 48.5 Å². The number of carbonyl (C=O) groups excluding carboxylic acids is 2. The minimum Gasteiger partial charge on any atom is -0.457 e. The molecule has 156 valence electrons. The third-order valence-corrected chi connectivity index (χ3v) is 5.85. The summed E-state index contributed by atoms with van der Waals surface area (Å²) in [5.41, 5.74) is 6.62. The molecule has 1 aliphatic heterocycles. The molecule has 1 aliphatic rings. The molecule has 1 heterocycles. The number of ether oxygens (including phenoxy) is 1. The van der Waals surface area contributed by atoms with Gasteiger partial charge in [-0.3, -0.25) is 19.7 Å². The van der Waals surface area contributed by atoms with Crippen molar-refractivity contribution in [3.05, 3.63) is 93.5 Å². The number of nitro benzene ring substituents is 1. The van der Waals surface area contributed by atoms with Gasteiger partial charge in [-0.15, -0.1) is 11.8 Å². The molecule has 3 aromatic carbocycles. The molecule has 9 heteroatoms. The van der Waals surface area contributed by atoms with E-state index in [0.29, 0.717) is 11.5 Å². The van der Waals surface area contributed by atoms with E-state index in [1.165, 1.54) is 12.1 Å². The Bertz CT molecular complexity index is 1150. The number of hydrogen-bond acceptors (Lipinski definition) is 6. The van der Waals surface area contributed by atoms with Gasteiger partial charge in [-0.05, 0) is 24.3 Å². The van der Waals surface area contributed by atoms with E-state index in [9.17, 15) is 19.7 Å². The molecule has 0 atom stereocenters. The lowest BCUT2D eigenvalue weighted by Crippen LogP contribution is -2.32. The Morgan fingerprint density at radius 3 is 2.23 bits per heavy atom. The smallest absolute Gasteiger partial charge is 0.283 e. The molecular weight excluding hydrogens is 418 g/mol. The second-order valence-corrected chi connectivity index (χ2v) is 7.79. The highest BCUT2D eigenvalue weighted by Gasteiger charge is 2.28. The van der Waals surface area contributed by atoms with Crippen LogP contribution in [0, 0.1) is 10.1 Å². The summed E-state index contributed by atoms with van der Waals surface area (Å²) < 4.78 is 5.92. The van der Waals surface area contributed by atoms with Crippen molar-refractivity contribution in [3.63, 3.8) is 0 Å². The topological polar surface area (TPSA) is 125 Å². The maximum atomic E-state index is 12.7. The summed E-state index contributed by atoms with van der Waals surface area (Å²) in [5.74, 6) is 0.232. The first-order chi connectivity index (χ1) is 14.9. The zero-order valence-corrected chi connectivity index (χ0v) is 16.9. The summed E-state index contributed by atoms with van der Waals surface area (Å²) in [6.45, 7) is 0. The third kappa shape index (κ3) is 4.22. The van der Waals surface area contributed by atoms with Crippen LogP contribution in [0.5, 0.6) is 11.5 Å². The largest absolute Gasteiger partial charge is 0.457 e. The second-order valence-electron chi connectivity index (χ2n) is 6.77. The number of hydrogen-bond donors (Lipinski definition) is 2. The lowest BCUT2D eigenvalue weighted by atomic mass is 9.94. The number of benzene rings is 3. The fraction of sp³-hybridized carbons (Fsp3) is 0.0909. The number of nitrogens with two attached hydrogens (primary N) is 1. The van der Waals surface area contributed by atoms with Crippen LogP contribution in [-0.2, 0) is 4.79 Å². The average molecular weight is 435 g/mol. The second kappa shape index (κ2) is 8.49. The van der Waals surface area contributed by atoms with E-state index in [0.717, 1.165) is 29.0 Å². The van der Waals surface area contributed by atoms with Gasteiger partial charge in [-0.25, -0.2) is 0 Å². The van der Waals surface area contributed by atoms with Crippen LogP contribution in [0.2, 0.25) is 0 Å². The molecule has 2 amide bonds. The lowest BCUT2D eigenvalue weighted by molar-refractivity contribution is -0.387. The number of para-hydroxylation sites is 2. The van der Waals surface area contributed by atoms with Crippen molar-refractivity contribution in [2.45, 2.75) is 10.9 Å². The van der Waals surface area contributed by atoms with Gasteiger partial charge < -0.3 is 15.8 Å². The van der Waals surface area contributed by atoms with Gasteiger partial charge in [0.05, 0.1) is 21.6 Å². The number of thioether (sulfide) groups is 1. The Morgan fingerprint density at radius 1 is 1.03 bits per heavy atom. The van der Waals surface area contributed by atoms with Crippen LogP contribution in [0.1, 0.15) is 27.5 Å². The number of fused-ring (bicyclic) bond motifs is 2. The average Bonchev–Trinajstić information content (AvgIpc) is 2.77. The number of carbonyl (C=O) groups is 2. The number of nitrogens with one attached hydrogen (secondary N) is 1. The molecule has 3 aromatic rings. The van der Waals surface area contributed by atoms with Gasteiger partial charge in [0.25, 0.3) is 5.69 Å². The Labute approximate surface area is 181 Å². The number of primary amides is 1. The Kier molecular flexibility index (Phi) is 5.59. The van der Waals surface area contributed by atoms with Gasteiger partial charge in [0.1, 0.15) is 11.5 Å². The first-order valence-corrected chi connectivity index (χ1v) is 10.3. The number of rotatable bonds is 6. The molecule has 0 saturated heterocycles. The van der Waals surface area contributed by atoms with Gasteiger partial charge in [0, 0.05) is 22.8 Å². The molecule has 31 heavy (non-hydrogen) atoms. The van der Waals surface area contributed by atoms with Crippen molar-refractivity contribution >= 4 is 29.3 Å². The monoisotopic (exact) mass is 435 g/mol. The Balaban J connectivity index is 1.53. The minimum absolute atomic E-state index is 0.0379. The highest BCUT2D eigenvalue weighted by molar-refractivity contribution is 8.00. The molecule has 0 aliphatic carbocycles. The van der Waals surface area contributed by atoms with Crippen molar-refractivity contribution in [1.29, 1.82) is 0 Å². The zero-order valence-electron chi connectivity index (χ0n) is 16.1. The Hall–Kier alpha value is -3.85. The highest BCUT2D eigenvalue weighted by atomic mass is 32.2. The zero-order chi connectivity index (χ0) is 22.0. The first kappa shape index (κ1) is 20.4. The molecule has 0 spiro atoms. The molecule has 0 bridgehead atoms. The molecule has 0 fully saturated rings. The van der Waals surface area contributed by atoms with Crippen molar-refractivity contribution in [3.8, 4) is 11.5 Å². The van der Waals surface area contributed by atoms with E-state index >= 15 is 0 Å². The van der Waals surface area contributed by atoms with Gasteiger partial charge in [0.2, 0.25) is 11.8 Å². The summed E-state index contributed by atoms with van der Waals surface area (Å²) in [6.07, 6.45) is 0. The van der Waals surface area contributed by atoms with Crippen LogP contribution >= 0.6 is 11.8 Å². The molecule has 3 N–H and O–H groups in total. The molecule has 0 radical (unpaired) electrons. The molecule has 0 unspecified atom stereocenters. The number of nitrogens with zero attached hydrogens (tertiary/aromatic N) is 1. The van der Waals surface area contributed by atoms with Gasteiger partial charge in [0.15, 0.2) is 0 Å². The van der Waals surface area contributed by atoms with E-state index in [1.54, 1.807) is 0 Å². The van der Waals surface area contributed by atoms with Gasteiger partial charge >= 0.3 is 0 Å². The fourth-order valence-corrected chi connectivity index (χ4v) is 4.16. The maximum Gasteiger partial charge on any atom is 0.283 e. The van der Waals surface area contributed by atoms with E-state index in [4.69, 9.17) is 10.5 Å². The van der Waals surface area contributed by atoms with Gasteiger partial charge in [-0.2, -0.15) is 0 Å². The maximum absolute atomic E-state index is 12.7. The van der Waals surface area contributed by atoms with Crippen LogP contribution < -0.4 is 15.8 Å². The van der Waals surface area contributed by atoms with E-state index in [2.05, 4.69) is 5.32 Å². The SMILES string of the molecule is NC(=O)c1ccc(SCC(=O)NC2c3ccccc3Oc3ccccc32)c([N+](=O)[O-])c1.